The molecule has 0 aliphatic heterocycles. The molecule has 0 bridgehead atoms. The van der Waals surface area contributed by atoms with Crippen LogP contribution in [0.3, 0.4) is 0 Å². The summed E-state index contributed by atoms with van der Waals surface area (Å²) in [5.41, 5.74) is 1.60. The summed E-state index contributed by atoms with van der Waals surface area (Å²) >= 11 is 0. The van der Waals surface area contributed by atoms with Gasteiger partial charge in [0.15, 0.2) is 0 Å². The van der Waals surface area contributed by atoms with Gasteiger partial charge in [-0.1, -0.05) is 91.0 Å². The van der Waals surface area contributed by atoms with Gasteiger partial charge in [-0.3, -0.25) is 0 Å². The maximum Gasteiger partial charge on any atom is 0.118 e. The van der Waals surface area contributed by atoms with Crippen molar-refractivity contribution in [2.45, 2.75) is 12.6 Å². The molecule has 4 aromatic rings. The Morgan fingerprint density at radius 3 is 1.23 bits per heavy atom. The molecule has 0 aliphatic rings. The molecule has 1 unspecified atom stereocenters. The van der Waals surface area contributed by atoms with E-state index in [1.54, 1.807) is 0 Å². The van der Waals surface area contributed by atoms with E-state index >= 15 is 0 Å². The van der Waals surface area contributed by atoms with Gasteiger partial charge in [-0.2, -0.15) is 0 Å². The lowest BCUT2D eigenvalue weighted by Gasteiger charge is -2.31. The first kappa shape index (κ1) is 22.2. The number of hydrogen-bond donors (Lipinski definition) is 0. The summed E-state index contributed by atoms with van der Waals surface area (Å²) in [6, 6.07) is 43.8. The maximum absolute atomic E-state index is 2.40. The predicted octanol–water partition coefficient (Wildman–Crippen LogP) is 3.09. The van der Waals surface area contributed by atoms with E-state index in [9.17, 15) is 0 Å². The van der Waals surface area contributed by atoms with E-state index in [0.29, 0.717) is 5.66 Å². The summed E-state index contributed by atoms with van der Waals surface area (Å²) in [6.07, 6.45) is 4.67. The summed E-state index contributed by atoms with van der Waals surface area (Å²) in [7, 11) is -1.87. The summed E-state index contributed by atoms with van der Waals surface area (Å²) in [6.45, 7) is 2.38. The van der Waals surface area contributed by atoms with Gasteiger partial charge in [0.2, 0.25) is 0 Å². The average molecular weight is 473 g/mol. The van der Waals surface area contributed by atoms with Crippen molar-refractivity contribution in [3.63, 3.8) is 0 Å². The van der Waals surface area contributed by atoms with E-state index in [-0.39, 0.29) is 17.0 Å². The van der Waals surface area contributed by atoms with Crippen molar-refractivity contribution >= 4 is 29.3 Å². The van der Waals surface area contributed by atoms with Crippen LogP contribution < -0.4 is 32.9 Å². The standard InChI is InChI=1S/C28H26P.BrH/c1-24(22-23-25-14-6-2-7-15-25)29(26-16-8-3-9-17-26,27-18-10-4-11-19-27)28-20-12-5-13-21-28;/h2-24H,1H3;1H/q+1;/p-1/b23-22+;. The molecule has 150 valence electrons. The number of rotatable bonds is 6. The van der Waals surface area contributed by atoms with Crippen LogP contribution in [0.2, 0.25) is 0 Å². The molecule has 30 heavy (non-hydrogen) atoms. The Balaban J connectivity index is 0.00000256. The van der Waals surface area contributed by atoms with Crippen LogP contribution >= 0.6 is 7.26 Å². The molecular weight excluding hydrogens is 447 g/mol. The molecule has 1 atom stereocenters. The normalized spacial score (nSPS) is 12.3. The van der Waals surface area contributed by atoms with Gasteiger partial charge in [-0.05, 0) is 55.0 Å². The van der Waals surface area contributed by atoms with E-state index in [2.05, 4.69) is 140 Å². The van der Waals surface area contributed by atoms with Crippen LogP contribution in [-0.2, 0) is 0 Å². The van der Waals surface area contributed by atoms with Crippen LogP contribution in [-0.4, -0.2) is 5.66 Å². The zero-order valence-electron chi connectivity index (χ0n) is 17.1. The zero-order valence-corrected chi connectivity index (χ0v) is 19.6. The van der Waals surface area contributed by atoms with Crippen molar-refractivity contribution in [2.24, 2.45) is 0 Å². The molecule has 0 nitrogen and oxygen atoms in total. The Hall–Kier alpha value is -2.47. The van der Waals surface area contributed by atoms with Gasteiger partial charge in [0.1, 0.15) is 23.2 Å². The first-order chi connectivity index (χ1) is 14.3. The molecule has 0 N–H and O–H groups in total. The van der Waals surface area contributed by atoms with Crippen LogP contribution in [0.5, 0.6) is 0 Å². The molecule has 0 fully saturated rings. The van der Waals surface area contributed by atoms with E-state index in [1.807, 2.05) is 0 Å². The molecule has 2 heteroatoms. The van der Waals surface area contributed by atoms with Crippen LogP contribution in [0.25, 0.3) is 6.08 Å². The molecule has 0 radical (unpaired) electrons. The fraction of sp³-hybridized carbons (Fsp3) is 0.0714. The minimum Gasteiger partial charge on any atom is -1.00 e. The highest BCUT2D eigenvalue weighted by molar-refractivity contribution is 7.96. The number of benzene rings is 4. The highest BCUT2D eigenvalue weighted by Crippen LogP contribution is 2.60. The van der Waals surface area contributed by atoms with Gasteiger partial charge in [0.05, 0.1) is 5.66 Å². The Labute approximate surface area is 191 Å². The molecule has 0 aromatic heterocycles. The Kier molecular flexibility index (Phi) is 7.80. The lowest BCUT2D eigenvalue weighted by Crippen LogP contribution is -3.00. The molecule has 0 spiro atoms. The smallest absolute Gasteiger partial charge is 0.118 e. The second-order valence-corrected chi connectivity index (χ2v) is 11.0. The fourth-order valence-electron chi connectivity index (χ4n) is 4.09. The quantitative estimate of drug-likeness (QED) is 0.378. The second-order valence-electron chi connectivity index (χ2n) is 7.24. The van der Waals surface area contributed by atoms with Crippen LogP contribution in [0.1, 0.15) is 12.5 Å². The molecule has 4 rings (SSSR count). The van der Waals surface area contributed by atoms with Gasteiger partial charge < -0.3 is 17.0 Å². The second kappa shape index (κ2) is 10.5. The third kappa shape index (κ3) is 4.48. The summed E-state index contributed by atoms with van der Waals surface area (Å²) < 4.78 is 0. The van der Waals surface area contributed by atoms with Crippen molar-refractivity contribution < 1.29 is 17.0 Å². The Morgan fingerprint density at radius 1 is 0.533 bits per heavy atom. The largest absolute Gasteiger partial charge is 1.00 e. The first-order valence-corrected chi connectivity index (χ1v) is 12.0. The molecule has 0 aliphatic carbocycles. The van der Waals surface area contributed by atoms with Crippen LogP contribution in [0, 0.1) is 0 Å². The first-order valence-electron chi connectivity index (χ1n) is 10.1. The third-order valence-electron chi connectivity index (χ3n) is 5.47. The Morgan fingerprint density at radius 2 is 0.867 bits per heavy atom. The Bertz CT molecular complexity index is 948. The number of hydrogen-bond acceptors (Lipinski definition) is 0. The summed E-state index contributed by atoms with van der Waals surface area (Å²) in [5.74, 6) is 0. The fourth-order valence-corrected chi connectivity index (χ4v) is 8.66. The van der Waals surface area contributed by atoms with Crippen LogP contribution in [0.4, 0.5) is 0 Å². The lowest BCUT2D eigenvalue weighted by molar-refractivity contribution is -0.00000558. The predicted molar refractivity (Wildman–Crippen MR) is 130 cm³/mol. The van der Waals surface area contributed by atoms with E-state index in [0.717, 1.165) is 0 Å². The topological polar surface area (TPSA) is 0 Å². The van der Waals surface area contributed by atoms with Gasteiger partial charge in [0, 0.05) is 0 Å². The van der Waals surface area contributed by atoms with Crippen molar-refractivity contribution in [1.29, 1.82) is 0 Å². The lowest BCUT2D eigenvalue weighted by atomic mass is 10.2. The minimum atomic E-state index is -1.87. The summed E-state index contributed by atoms with van der Waals surface area (Å²) in [4.78, 5) is 0. The highest BCUT2D eigenvalue weighted by atomic mass is 79.9. The summed E-state index contributed by atoms with van der Waals surface area (Å²) in [5, 5.41) is 4.26. The molecule has 4 aromatic carbocycles. The van der Waals surface area contributed by atoms with Crippen LogP contribution in [0.15, 0.2) is 127 Å². The average Bonchev–Trinajstić information content (AvgIpc) is 2.81. The van der Waals surface area contributed by atoms with Gasteiger partial charge in [0.25, 0.3) is 0 Å². The van der Waals surface area contributed by atoms with Crippen molar-refractivity contribution in [3.8, 4) is 0 Å². The van der Waals surface area contributed by atoms with Crippen molar-refractivity contribution in [1.82, 2.24) is 0 Å². The van der Waals surface area contributed by atoms with Crippen molar-refractivity contribution in [2.75, 3.05) is 0 Å². The minimum absolute atomic E-state index is 0. The molecule has 0 heterocycles. The monoisotopic (exact) mass is 472 g/mol. The highest BCUT2D eigenvalue weighted by Gasteiger charge is 2.49. The number of halogens is 1. The van der Waals surface area contributed by atoms with Gasteiger partial charge in [-0.15, -0.1) is 0 Å². The van der Waals surface area contributed by atoms with E-state index in [4.69, 9.17) is 0 Å². The molecular formula is C28H26BrP. The van der Waals surface area contributed by atoms with Gasteiger partial charge in [-0.25, -0.2) is 0 Å². The SMILES string of the molecule is CC(/C=C/c1ccccc1)[P+](c1ccccc1)(c1ccccc1)c1ccccc1.[Br-]. The molecule has 0 amide bonds. The van der Waals surface area contributed by atoms with Crippen molar-refractivity contribution in [3.05, 3.63) is 133 Å². The van der Waals surface area contributed by atoms with Gasteiger partial charge >= 0.3 is 0 Å². The third-order valence-corrected chi connectivity index (χ3v) is 10.2. The van der Waals surface area contributed by atoms with E-state index in [1.165, 1.54) is 21.5 Å². The molecule has 0 saturated carbocycles. The molecule has 0 saturated heterocycles. The van der Waals surface area contributed by atoms with E-state index < -0.39 is 7.26 Å². The maximum atomic E-state index is 2.40. The number of allylic oxidation sites excluding steroid dienone is 1. The zero-order chi connectivity index (χ0) is 19.9.